The Morgan fingerprint density at radius 2 is 1.43 bits per heavy atom. The van der Waals surface area contributed by atoms with Crippen LogP contribution in [0.25, 0.3) is 12.2 Å². The average molecular weight is 480 g/mol. The maximum atomic E-state index is 14.7. The van der Waals surface area contributed by atoms with Crippen molar-refractivity contribution in [3.05, 3.63) is 71.0 Å². The van der Waals surface area contributed by atoms with Crippen molar-refractivity contribution < 1.29 is 33.2 Å². The molecule has 0 saturated heterocycles. The molecule has 0 spiro atoms. The first kappa shape index (κ1) is 25.3. The molecule has 7 nitrogen and oxygen atoms in total. The second kappa shape index (κ2) is 11.7. The molecule has 0 bridgehead atoms. The SMILES string of the molecule is COc1cc(/C=C\c2cc(F)c(OC)c(N=CCC(=O)c3ccc(O)cc3)c2)cc(OC)c1OC. The summed E-state index contributed by atoms with van der Waals surface area (Å²) in [5, 5.41) is 9.35. The van der Waals surface area contributed by atoms with Gasteiger partial charge in [-0.3, -0.25) is 9.79 Å². The van der Waals surface area contributed by atoms with Gasteiger partial charge in [0.25, 0.3) is 0 Å². The van der Waals surface area contributed by atoms with Gasteiger partial charge < -0.3 is 24.1 Å². The monoisotopic (exact) mass is 479 g/mol. The van der Waals surface area contributed by atoms with Crippen LogP contribution in [0.4, 0.5) is 10.1 Å². The second-order valence-corrected chi connectivity index (χ2v) is 7.33. The van der Waals surface area contributed by atoms with E-state index in [-0.39, 0.29) is 29.4 Å². The zero-order chi connectivity index (χ0) is 25.4. The summed E-state index contributed by atoms with van der Waals surface area (Å²) < 4.78 is 35.9. The normalized spacial score (nSPS) is 11.1. The largest absolute Gasteiger partial charge is 0.508 e. The van der Waals surface area contributed by atoms with Crippen LogP contribution in [0.1, 0.15) is 27.9 Å². The van der Waals surface area contributed by atoms with Crippen molar-refractivity contribution in [2.24, 2.45) is 4.99 Å². The van der Waals surface area contributed by atoms with Crippen LogP contribution >= 0.6 is 0 Å². The number of hydrogen-bond donors (Lipinski definition) is 1. The molecule has 0 radical (unpaired) electrons. The molecule has 0 saturated carbocycles. The fraction of sp³-hybridized carbons (Fsp3) is 0.185. The summed E-state index contributed by atoms with van der Waals surface area (Å²) in [6.07, 6.45) is 4.89. The van der Waals surface area contributed by atoms with Gasteiger partial charge in [0.05, 0.1) is 28.4 Å². The molecule has 0 heterocycles. The zero-order valence-electron chi connectivity index (χ0n) is 19.9. The summed E-state index contributed by atoms with van der Waals surface area (Å²) in [4.78, 5) is 16.6. The Labute approximate surface area is 203 Å². The number of hydrogen-bond acceptors (Lipinski definition) is 7. The van der Waals surface area contributed by atoms with E-state index >= 15 is 0 Å². The molecule has 0 aliphatic carbocycles. The van der Waals surface area contributed by atoms with E-state index in [1.54, 1.807) is 30.4 Å². The van der Waals surface area contributed by atoms with Crippen LogP contribution in [0.5, 0.6) is 28.7 Å². The van der Waals surface area contributed by atoms with E-state index < -0.39 is 5.82 Å². The van der Waals surface area contributed by atoms with Gasteiger partial charge in [-0.25, -0.2) is 4.39 Å². The summed E-state index contributed by atoms with van der Waals surface area (Å²) >= 11 is 0. The molecule has 3 rings (SSSR count). The number of phenols is 1. The first-order chi connectivity index (χ1) is 16.9. The predicted octanol–water partition coefficient (Wildman–Crippen LogP) is 5.71. The maximum Gasteiger partial charge on any atom is 0.203 e. The van der Waals surface area contributed by atoms with Gasteiger partial charge >= 0.3 is 0 Å². The first-order valence-corrected chi connectivity index (χ1v) is 10.6. The van der Waals surface area contributed by atoms with Crippen LogP contribution in [0.3, 0.4) is 0 Å². The molecular weight excluding hydrogens is 453 g/mol. The van der Waals surface area contributed by atoms with E-state index in [0.29, 0.717) is 28.4 Å². The van der Waals surface area contributed by atoms with E-state index in [4.69, 9.17) is 18.9 Å². The Morgan fingerprint density at radius 3 is 1.97 bits per heavy atom. The Hall–Kier alpha value is -4.33. The third kappa shape index (κ3) is 6.17. The lowest BCUT2D eigenvalue weighted by Gasteiger charge is -2.13. The average Bonchev–Trinajstić information content (AvgIpc) is 2.86. The number of ether oxygens (including phenoxy) is 4. The number of Topliss-reactive ketones (excluding diaryl/α,β-unsaturated/α-hetero) is 1. The third-order valence-corrected chi connectivity index (χ3v) is 5.10. The summed E-state index contributed by atoms with van der Waals surface area (Å²) in [6, 6.07) is 12.4. The Bertz CT molecular complexity index is 1230. The van der Waals surface area contributed by atoms with Gasteiger partial charge in [0.15, 0.2) is 28.8 Å². The van der Waals surface area contributed by atoms with Crippen molar-refractivity contribution in [2.75, 3.05) is 28.4 Å². The topological polar surface area (TPSA) is 86.6 Å². The van der Waals surface area contributed by atoms with Gasteiger partial charge in [0.2, 0.25) is 5.75 Å². The van der Waals surface area contributed by atoms with Gasteiger partial charge in [0.1, 0.15) is 11.4 Å². The number of nitrogens with zero attached hydrogens (tertiary/aromatic N) is 1. The standard InChI is InChI=1S/C27H26FNO6/c1-32-24-15-18(16-25(33-2)27(24)35-4)6-5-17-13-21(28)26(34-3)22(14-17)29-12-11-23(31)19-7-9-20(30)10-8-19/h5-10,12-16,30H,11H2,1-4H3/b6-5-,29-12?. The van der Waals surface area contributed by atoms with Crippen LogP contribution < -0.4 is 18.9 Å². The highest BCUT2D eigenvalue weighted by atomic mass is 19.1. The van der Waals surface area contributed by atoms with Gasteiger partial charge in [-0.05, 0) is 59.7 Å². The summed E-state index contributed by atoms with van der Waals surface area (Å²) in [6.45, 7) is 0. The number of rotatable bonds is 10. The lowest BCUT2D eigenvalue weighted by molar-refractivity contribution is 0.100. The van der Waals surface area contributed by atoms with Gasteiger partial charge in [-0.1, -0.05) is 12.2 Å². The molecule has 0 aromatic heterocycles. The number of methoxy groups -OCH3 is 4. The van der Waals surface area contributed by atoms with Crippen LogP contribution in [-0.2, 0) is 0 Å². The fourth-order valence-corrected chi connectivity index (χ4v) is 3.38. The quantitative estimate of drug-likeness (QED) is 0.228. The smallest absolute Gasteiger partial charge is 0.203 e. The van der Waals surface area contributed by atoms with E-state index in [1.165, 1.54) is 65.0 Å². The molecule has 8 heteroatoms. The predicted molar refractivity (Wildman–Crippen MR) is 133 cm³/mol. The number of carbonyl (C=O) groups is 1. The maximum absolute atomic E-state index is 14.7. The molecule has 0 amide bonds. The van der Waals surface area contributed by atoms with E-state index in [0.717, 1.165) is 5.56 Å². The van der Waals surface area contributed by atoms with Crippen molar-refractivity contribution in [1.82, 2.24) is 0 Å². The minimum atomic E-state index is -0.587. The van der Waals surface area contributed by atoms with E-state index in [2.05, 4.69) is 4.99 Å². The molecule has 0 aliphatic heterocycles. The highest BCUT2D eigenvalue weighted by Crippen LogP contribution is 2.39. The molecule has 3 aromatic carbocycles. The molecule has 35 heavy (non-hydrogen) atoms. The van der Waals surface area contributed by atoms with Crippen molar-refractivity contribution in [1.29, 1.82) is 0 Å². The van der Waals surface area contributed by atoms with Crippen LogP contribution in [0.15, 0.2) is 53.5 Å². The minimum absolute atomic E-state index is 0.00104. The molecule has 0 aliphatic rings. The number of benzene rings is 3. The molecule has 3 aromatic rings. The van der Waals surface area contributed by atoms with Gasteiger partial charge in [-0.2, -0.15) is 0 Å². The highest BCUT2D eigenvalue weighted by Gasteiger charge is 2.13. The molecular formula is C27H26FNO6. The lowest BCUT2D eigenvalue weighted by Crippen LogP contribution is -1.99. The molecule has 1 N–H and O–H groups in total. The highest BCUT2D eigenvalue weighted by molar-refractivity contribution is 6.04. The second-order valence-electron chi connectivity index (χ2n) is 7.33. The van der Waals surface area contributed by atoms with Crippen molar-refractivity contribution in [3.8, 4) is 28.7 Å². The van der Waals surface area contributed by atoms with Crippen molar-refractivity contribution >= 4 is 29.8 Å². The van der Waals surface area contributed by atoms with Crippen molar-refractivity contribution in [3.63, 3.8) is 0 Å². The minimum Gasteiger partial charge on any atom is -0.508 e. The van der Waals surface area contributed by atoms with Gasteiger partial charge in [0, 0.05) is 18.2 Å². The number of aliphatic imine (C=N–C) groups is 1. The molecule has 182 valence electrons. The summed E-state index contributed by atoms with van der Waals surface area (Å²) in [5.41, 5.74) is 1.97. The lowest BCUT2D eigenvalue weighted by atomic mass is 10.1. The van der Waals surface area contributed by atoms with Gasteiger partial charge in [-0.15, -0.1) is 0 Å². The van der Waals surface area contributed by atoms with Crippen LogP contribution in [0, 0.1) is 5.82 Å². The van der Waals surface area contributed by atoms with Crippen LogP contribution in [0.2, 0.25) is 0 Å². The molecule has 0 atom stereocenters. The number of phenolic OH excluding ortho intramolecular Hbond substituents is 1. The Balaban J connectivity index is 1.85. The molecule has 0 fully saturated rings. The number of carbonyl (C=O) groups excluding carboxylic acids is 1. The van der Waals surface area contributed by atoms with E-state index in [1.807, 2.05) is 0 Å². The summed E-state index contributed by atoms with van der Waals surface area (Å²) in [5.74, 6) is 0.742. The first-order valence-electron chi connectivity index (χ1n) is 10.6. The van der Waals surface area contributed by atoms with E-state index in [9.17, 15) is 14.3 Å². The number of ketones is 1. The Kier molecular flexibility index (Phi) is 8.45. The van der Waals surface area contributed by atoms with Crippen molar-refractivity contribution in [2.45, 2.75) is 6.42 Å². The van der Waals surface area contributed by atoms with Crippen LogP contribution in [-0.4, -0.2) is 45.5 Å². The zero-order valence-corrected chi connectivity index (χ0v) is 19.9. The number of aromatic hydroxyl groups is 1. The fourth-order valence-electron chi connectivity index (χ4n) is 3.38. The Morgan fingerprint density at radius 1 is 0.857 bits per heavy atom. The number of halogens is 1. The summed E-state index contributed by atoms with van der Waals surface area (Å²) in [7, 11) is 5.93. The third-order valence-electron chi connectivity index (χ3n) is 5.10. The molecule has 0 unspecified atom stereocenters.